The maximum absolute atomic E-state index is 12.9. The second-order valence-electron chi connectivity index (χ2n) is 12.8. The van der Waals surface area contributed by atoms with Crippen LogP contribution in [0.5, 0.6) is 0 Å². The van der Waals surface area contributed by atoms with Gasteiger partial charge in [-0.05, 0) is 64.7 Å². The van der Waals surface area contributed by atoms with Crippen molar-refractivity contribution in [3.8, 4) is 0 Å². The third-order valence-corrected chi connectivity index (χ3v) is 8.85. The number of hydrogen-bond acceptors (Lipinski definition) is 6. The van der Waals surface area contributed by atoms with Crippen molar-refractivity contribution in [3.05, 3.63) is 121 Å². The number of nitrogens with one attached hydrogen (secondary N) is 2. The molecule has 51 heavy (non-hydrogen) atoms. The van der Waals surface area contributed by atoms with E-state index in [-0.39, 0.29) is 23.5 Å². The Morgan fingerprint density at radius 1 is 0.784 bits per heavy atom. The van der Waals surface area contributed by atoms with E-state index in [2.05, 4.69) is 95.4 Å². The minimum absolute atomic E-state index is 0.0356. The first-order chi connectivity index (χ1) is 24.9. The fourth-order valence-corrected chi connectivity index (χ4v) is 5.84. The van der Waals surface area contributed by atoms with Gasteiger partial charge >= 0.3 is 0 Å². The number of hydrogen-bond donors (Lipinski definition) is 2. The van der Waals surface area contributed by atoms with Crippen LogP contribution in [0, 0.1) is 0 Å². The Morgan fingerprint density at radius 2 is 1.31 bits per heavy atom. The summed E-state index contributed by atoms with van der Waals surface area (Å²) < 4.78 is 11.4. The van der Waals surface area contributed by atoms with E-state index >= 15 is 0 Å². The number of benzene rings is 1. The molecule has 0 saturated carbocycles. The van der Waals surface area contributed by atoms with Crippen LogP contribution in [0.1, 0.15) is 83.6 Å². The van der Waals surface area contributed by atoms with Crippen molar-refractivity contribution in [2.75, 3.05) is 39.4 Å². The molecule has 2 aliphatic rings. The molecule has 1 aromatic carbocycles. The molecule has 0 spiro atoms. The molecule has 2 heterocycles. The predicted molar refractivity (Wildman–Crippen MR) is 207 cm³/mol. The highest BCUT2D eigenvalue weighted by atomic mass is 16.5. The van der Waals surface area contributed by atoms with Crippen LogP contribution in [0.2, 0.25) is 0 Å². The van der Waals surface area contributed by atoms with Gasteiger partial charge in [0, 0.05) is 50.3 Å². The van der Waals surface area contributed by atoms with Crippen molar-refractivity contribution in [3.63, 3.8) is 0 Å². The third-order valence-electron chi connectivity index (χ3n) is 8.85. The number of carbonyl (C=O) groups is 3. The topological polar surface area (TPSA) is 97.0 Å². The van der Waals surface area contributed by atoms with Crippen molar-refractivity contribution >= 4 is 17.6 Å². The fraction of sp³-hybridized carbons (Fsp3) is 0.465. The lowest BCUT2D eigenvalue weighted by Crippen LogP contribution is -2.46. The summed E-state index contributed by atoms with van der Waals surface area (Å²) in [7, 11) is 0. The van der Waals surface area contributed by atoms with E-state index in [1.807, 2.05) is 30.3 Å². The van der Waals surface area contributed by atoms with Crippen LogP contribution in [0.25, 0.3) is 0 Å². The van der Waals surface area contributed by atoms with Gasteiger partial charge in [0.1, 0.15) is 0 Å². The number of allylic oxidation sites excluding steroid dienone is 12. The first-order valence-electron chi connectivity index (χ1n) is 18.7. The Kier molecular flexibility index (Phi) is 20.0. The number of amides is 2. The van der Waals surface area contributed by atoms with E-state index in [9.17, 15) is 14.4 Å². The molecular formula is C43H59N3O5. The Balaban J connectivity index is 1.27. The maximum atomic E-state index is 12.9. The van der Waals surface area contributed by atoms with Crippen molar-refractivity contribution in [2.24, 2.45) is 0 Å². The van der Waals surface area contributed by atoms with E-state index in [0.29, 0.717) is 51.1 Å². The molecule has 8 nitrogen and oxygen atoms in total. The van der Waals surface area contributed by atoms with E-state index in [1.165, 1.54) is 6.08 Å². The molecule has 1 fully saturated rings. The number of nitrogens with zero attached hydrogens (tertiary/aromatic N) is 1. The second kappa shape index (κ2) is 24.8. The van der Waals surface area contributed by atoms with Gasteiger partial charge in [0.25, 0.3) is 5.91 Å². The van der Waals surface area contributed by atoms with Gasteiger partial charge in [-0.2, -0.15) is 0 Å². The first kappa shape index (κ1) is 41.2. The number of morpholine rings is 1. The van der Waals surface area contributed by atoms with Crippen LogP contribution in [-0.4, -0.2) is 67.9 Å². The van der Waals surface area contributed by atoms with Crippen LogP contribution in [0.3, 0.4) is 0 Å². The highest BCUT2D eigenvalue weighted by molar-refractivity contribution is 6.07. The van der Waals surface area contributed by atoms with Gasteiger partial charge in [0.05, 0.1) is 13.2 Å². The summed E-state index contributed by atoms with van der Waals surface area (Å²) in [6, 6.07) is 9.38. The molecule has 8 heteroatoms. The summed E-state index contributed by atoms with van der Waals surface area (Å²) in [4.78, 5) is 40.5. The predicted octanol–water partition coefficient (Wildman–Crippen LogP) is 7.58. The normalized spacial score (nSPS) is 19.3. The Bertz CT molecular complexity index is 1400. The fourth-order valence-electron chi connectivity index (χ4n) is 5.84. The lowest BCUT2D eigenvalue weighted by Gasteiger charge is -2.34. The Morgan fingerprint density at radius 3 is 1.88 bits per heavy atom. The maximum Gasteiger partial charge on any atom is 0.286 e. The lowest BCUT2D eigenvalue weighted by molar-refractivity contribution is -0.132. The molecule has 276 valence electrons. The van der Waals surface area contributed by atoms with Crippen molar-refractivity contribution in [1.29, 1.82) is 0 Å². The van der Waals surface area contributed by atoms with Crippen LogP contribution in [-0.2, 0) is 29.5 Å². The molecule has 2 aliphatic heterocycles. The van der Waals surface area contributed by atoms with E-state index in [1.54, 1.807) is 6.92 Å². The lowest BCUT2D eigenvalue weighted by atomic mass is 9.92. The zero-order chi connectivity index (χ0) is 36.4. The summed E-state index contributed by atoms with van der Waals surface area (Å²) in [6.45, 7) is 7.79. The Hall–Kier alpha value is -4.27. The van der Waals surface area contributed by atoms with Gasteiger partial charge in [-0.1, -0.05) is 110 Å². The highest BCUT2D eigenvalue weighted by Crippen LogP contribution is 2.34. The number of carbonyl (C=O) groups excluding carboxylic acids is 3. The molecule has 2 unspecified atom stereocenters. The smallest absolute Gasteiger partial charge is 0.286 e. The monoisotopic (exact) mass is 697 g/mol. The number of rotatable bonds is 23. The molecule has 2 atom stereocenters. The van der Waals surface area contributed by atoms with Crippen LogP contribution in [0.4, 0.5) is 0 Å². The quantitative estimate of drug-likeness (QED) is 0.115. The van der Waals surface area contributed by atoms with Crippen molar-refractivity contribution in [2.45, 2.75) is 89.7 Å². The molecule has 0 aromatic heterocycles. The summed E-state index contributed by atoms with van der Waals surface area (Å²) in [5.74, 6) is -0.568. The summed E-state index contributed by atoms with van der Waals surface area (Å²) in [6.07, 6.45) is 35.9. The molecule has 2 amide bonds. The zero-order valence-corrected chi connectivity index (χ0v) is 30.8. The standard InChI is InChI=1S/C43H59N3O5/c1-3-4-5-6-7-8-9-10-11-12-13-14-15-16-17-18-19-20-24-27-41(48)44-30-28-38(46-32-34-50-35-33-46)29-31-45-42(49)39-36-40(47)43(2,51-39)37-25-22-21-23-26-37/h4-5,7-8,10-11,13-14,16-17,19-23,25-26,36,38H,3,6,9,12,15,18,24,27-35H2,1-2H3,(H,44,48)(H,45,49)/b5-4-,8-7-,11-10-,14-13-,17-16-,20-19-. The summed E-state index contributed by atoms with van der Waals surface area (Å²) >= 11 is 0. The highest BCUT2D eigenvalue weighted by Gasteiger charge is 2.43. The summed E-state index contributed by atoms with van der Waals surface area (Å²) in [5.41, 5.74) is -0.491. The van der Waals surface area contributed by atoms with Crippen LogP contribution >= 0.6 is 0 Å². The average molecular weight is 698 g/mol. The molecule has 1 aromatic rings. The van der Waals surface area contributed by atoms with Crippen molar-refractivity contribution < 1.29 is 23.9 Å². The molecular weight excluding hydrogens is 638 g/mol. The molecule has 1 saturated heterocycles. The van der Waals surface area contributed by atoms with Gasteiger partial charge in [0.15, 0.2) is 11.4 Å². The van der Waals surface area contributed by atoms with E-state index < -0.39 is 11.5 Å². The third kappa shape index (κ3) is 16.1. The zero-order valence-electron chi connectivity index (χ0n) is 30.8. The second-order valence-corrected chi connectivity index (χ2v) is 12.8. The molecule has 0 aliphatic carbocycles. The van der Waals surface area contributed by atoms with Gasteiger partial charge in [-0.25, -0.2) is 0 Å². The molecule has 3 rings (SSSR count). The number of ether oxygens (including phenoxy) is 2. The number of ketones is 1. The van der Waals surface area contributed by atoms with Gasteiger partial charge < -0.3 is 20.1 Å². The average Bonchev–Trinajstić information content (AvgIpc) is 3.47. The van der Waals surface area contributed by atoms with Gasteiger partial charge in [0.2, 0.25) is 11.7 Å². The summed E-state index contributed by atoms with van der Waals surface area (Å²) in [5, 5.41) is 6.00. The Labute approximate surface area is 306 Å². The SMILES string of the molecule is CC/C=C\C/C=C\C/C=C\C/C=C\C/C=C\C/C=C\CCC(=O)NCCC(CCNC(=O)C1=CC(=O)C(C)(c2ccccc2)O1)N1CCOCC1. The first-order valence-corrected chi connectivity index (χ1v) is 18.7. The molecule has 2 N–H and O–H groups in total. The van der Waals surface area contributed by atoms with Gasteiger partial charge in [-0.15, -0.1) is 0 Å². The van der Waals surface area contributed by atoms with Crippen molar-refractivity contribution in [1.82, 2.24) is 15.5 Å². The van der Waals surface area contributed by atoms with E-state index in [0.717, 1.165) is 58.0 Å². The molecule has 0 radical (unpaired) electrons. The van der Waals surface area contributed by atoms with E-state index in [4.69, 9.17) is 9.47 Å². The largest absolute Gasteiger partial charge is 0.469 e. The van der Waals surface area contributed by atoms with Gasteiger partial charge in [-0.3, -0.25) is 19.3 Å². The minimum atomic E-state index is -1.20. The van der Waals surface area contributed by atoms with Crippen LogP contribution in [0.15, 0.2) is 115 Å². The molecule has 0 bridgehead atoms. The van der Waals surface area contributed by atoms with Crippen LogP contribution < -0.4 is 10.6 Å². The minimum Gasteiger partial charge on any atom is -0.469 e.